The fourth-order valence-electron chi connectivity index (χ4n) is 1.53. The van der Waals surface area contributed by atoms with Gasteiger partial charge < -0.3 is 5.32 Å². The molecule has 0 saturated heterocycles. The molecule has 1 amide bonds. The Kier molecular flexibility index (Phi) is 3.91. The van der Waals surface area contributed by atoms with Crippen molar-refractivity contribution >= 4 is 46.6 Å². The number of carbonyl (C=O) groups is 1. The lowest BCUT2D eigenvalue weighted by atomic mass is 10.3. The topological polar surface area (TPSA) is 29.1 Å². The van der Waals surface area contributed by atoms with Crippen molar-refractivity contribution in [3.8, 4) is 0 Å². The lowest BCUT2D eigenvalue weighted by Gasteiger charge is -2.09. The molecule has 0 aliphatic heterocycles. The van der Waals surface area contributed by atoms with Gasteiger partial charge in [-0.2, -0.15) is 0 Å². The maximum Gasteiger partial charge on any atom is 0.221 e. The SMILES string of the molecule is CC(=O)Nc1ccccc1SC[C@H]1CC1(Cl)Cl. The van der Waals surface area contributed by atoms with Gasteiger partial charge in [0.05, 0.1) is 5.69 Å². The highest BCUT2D eigenvalue weighted by Gasteiger charge is 2.51. The van der Waals surface area contributed by atoms with Crippen molar-refractivity contribution in [1.82, 2.24) is 0 Å². The van der Waals surface area contributed by atoms with Crippen LogP contribution in [0, 0.1) is 5.92 Å². The number of halogens is 2. The highest BCUT2D eigenvalue weighted by molar-refractivity contribution is 7.99. The van der Waals surface area contributed by atoms with Crippen molar-refractivity contribution in [3.63, 3.8) is 0 Å². The Balaban J connectivity index is 1.98. The predicted molar refractivity (Wildman–Crippen MR) is 74.0 cm³/mol. The Morgan fingerprint density at radius 3 is 2.76 bits per heavy atom. The van der Waals surface area contributed by atoms with E-state index in [2.05, 4.69) is 5.32 Å². The van der Waals surface area contributed by atoms with Crippen LogP contribution in [0.5, 0.6) is 0 Å². The van der Waals surface area contributed by atoms with E-state index in [1.54, 1.807) is 11.8 Å². The van der Waals surface area contributed by atoms with Crippen LogP contribution in [0.4, 0.5) is 5.69 Å². The summed E-state index contributed by atoms with van der Waals surface area (Å²) in [5.74, 6) is 1.17. The second-order valence-corrected chi connectivity index (χ2v) is 6.75. The fourth-order valence-corrected chi connectivity index (χ4v) is 3.47. The molecule has 1 fully saturated rings. The number of thioether (sulfide) groups is 1. The molecule has 1 N–H and O–H groups in total. The number of amides is 1. The third-order valence-corrected chi connectivity index (χ3v) is 4.76. The number of carbonyl (C=O) groups excluding carboxylic acids is 1. The van der Waals surface area contributed by atoms with Crippen LogP contribution in [0.2, 0.25) is 0 Å². The molecule has 17 heavy (non-hydrogen) atoms. The normalized spacial score (nSPS) is 21.0. The van der Waals surface area contributed by atoms with E-state index in [1.807, 2.05) is 24.3 Å². The lowest BCUT2D eigenvalue weighted by Crippen LogP contribution is -2.06. The molecule has 0 radical (unpaired) electrons. The van der Waals surface area contributed by atoms with Crippen LogP contribution >= 0.6 is 35.0 Å². The van der Waals surface area contributed by atoms with Crippen molar-refractivity contribution in [3.05, 3.63) is 24.3 Å². The van der Waals surface area contributed by atoms with Crippen LogP contribution in [-0.2, 0) is 4.79 Å². The van der Waals surface area contributed by atoms with Gasteiger partial charge in [-0.05, 0) is 18.6 Å². The van der Waals surface area contributed by atoms with Crippen molar-refractivity contribution in [2.45, 2.75) is 22.6 Å². The summed E-state index contributed by atoms with van der Waals surface area (Å²) in [5, 5.41) is 2.81. The van der Waals surface area contributed by atoms with E-state index in [-0.39, 0.29) is 5.91 Å². The fraction of sp³-hybridized carbons (Fsp3) is 0.417. The van der Waals surface area contributed by atoms with Gasteiger partial charge in [-0.1, -0.05) is 12.1 Å². The van der Waals surface area contributed by atoms with E-state index in [1.165, 1.54) is 6.92 Å². The van der Waals surface area contributed by atoms with Gasteiger partial charge in [0.25, 0.3) is 0 Å². The zero-order chi connectivity index (χ0) is 12.5. The minimum Gasteiger partial charge on any atom is -0.325 e. The zero-order valence-corrected chi connectivity index (χ0v) is 11.7. The standard InChI is InChI=1S/C12H13Cl2NOS/c1-8(16)15-10-4-2-3-5-11(10)17-7-9-6-12(9,13)14/h2-5,9H,6-7H2,1H3,(H,15,16)/t9-/m1/s1. The Bertz CT molecular complexity index is 436. The Morgan fingerprint density at radius 2 is 2.18 bits per heavy atom. The molecule has 5 heteroatoms. The van der Waals surface area contributed by atoms with Gasteiger partial charge in [-0.15, -0.1) is 35.0 Å². The molecule has 1 aliphatic carbocycles. The molecule has 2 rings (SSSR count). The van der Waals surface area contributed by atoms with Crippen molar-refractivity contribution in [2.24, 2.45) is 5.92 Å². The molecule has 1 aromatic rings. The Morgan fingerprint density at radius 1 is 1.53 bits per heavy atom. The van der Waals surface area contributed by atoms with E-state index in [9.17, 15) is 4.79 Å². The average molecular weight is 290 g/mol. The van der Waals surface area contributed by atoms with E-state index in [4.69, 9.17) is 23.2 Å². The Hall–Kier alpha value is -0.380. The van der Waals surface area contributed by atoms with Crippen molar-refractivity contribution < 1.29 is 4.79 Å². The summed E-state index contributed by atoms with van der Waals surface area (Å²) in [6, 6.07) is 7.74. The molecule has 92 valence electrons. The molecule has 0 unspecified atom stereocenters. The number of alkyl halides is 2. The first-order valence-electron chi connectivity index (χ1n) is 5.36. The summed E-state index contributed by atoms with van der Waals surface area (Å²) in [5.41, 5.74) is 0.848. The molecule has 1 atom stereocenters. The largest absolute Gasteiger partial charge is 0.325 e. The maximum absolute atomic E-state index is 11.1. The van der Waals surface area contributed by atoms with Gasteiger partial charge in [0.2, 0.25) is 5.91 Å². The average Bonchev–Trinajstić information content (AvgIpc) is 2.84. The van der Waals surface area contributed by atoms with Crippen LogP contribution in [0.15, 0.2) is 29.2 Å². The summed E-state index contributed by atoms with van der Waals surface area (Å²) < 4.78 is -0.532. The number of nitrogens with one attached hydrogen (secondary N) is 1. The number of para-hydroxylation sites is 1. The molecular weight excluding hydrogens is 277 g/mol. The van der Waals surface area contributed by atoms with Crippen LogP contribution in [0.3, 0.4) is 0 Å². The van der Waals surface area contributed by atoms with E-state index in [0.717, 1.165) is 22.8 Å². The molecular formula is C12H13Cl2NOS. The third kappa shape index (κ3) is 3.54. The van der Waals surface area contributed by atoms with Crippen molar-refractivity contribution in [2.75, 3.05) is 11.1 Å². The third-order valence-electron chi connectivity index (χ3n) is 2.59. The van der Waals surface area contributed by atoms with E-state index < -0.39 is 4.33 Å². The minimum absolute atomic E-state index is 0.0616. The van der Waals surface area contributed by atoms with Crippen LogP contribution in [-0.4, -0.2) is 16.0 Å². The molecule has 0 aromatic heterocycles. The molecule has 0 heterocycles. The van der Waals surface area contributed by atoms with Gasteiger partial charge >= 0.3 is 0 Å². The molecule has 2 nitrogen and oxygen atoms in total. The maximum atomic E-state index is 11.1. The first-order valence-corrected chi connectivity index (χ1v) is 7.10. The van der Waals surface area contributed by atoms with E-state index >= 15 is 0 Å². The van der Waals surface area contributed by atoms with Crippen LogP contribution < -0.4 is 5.32 Å². The summed E-state index contributed by atoms with van der Waals surface area (Å²) in [7, 11) is 0. The second kappa shape index (κ2) is 5.09. The van der Waals surface area contributed by atoms with Gasteiger partial charge in [0, 0.05) is 23.5 Å². The summed E-state index contributed by atoms with van der Waals surface area (Å²) in [6.45, 7) is 1.50. The van der Waals surface area contributed by atoms with E-state index in [0.29, 0.717) is 5.92 Å². The minimum atomic E-state index is -0.532. The van der Waals surface area contributed by atoms with Gasteiger partial charge in [0.1, 0.15) is 4.33 Å². The first-order chi connectivity index (χ1) is 7.99. The number of benzene rings is 1. The van der Waals surface area contributed by atoms with Crippen molar-refractivity contribution in [1.29, 1.82) is 0 Å². The number of hydrogen-bond donors (Lipinski definition) is 1. The highest BCUT2D eigenvalue weighted by atomic mass is 35.5. The molecule has 0 bridgehead atoms. The molecule has 0 spiro atoms. The van der Waals surface area contributed by atoms with Gasteiger partial charge in [-0.25, -0.2) is 0 Å². The monoisotopic (exact) mass is 289 g/mol. The smallest absolute Gasteiger partial charge is 0.221 e. The first kappa shape index (κ1) is 13.1. The lowest BCUT2D eigenvalue weighted by molar-refractivity contribution is -0.114. The van der Waals surface area contributed by atoms with Gasteiger partial charge in [0.15, 0.2) is 0 Å². The predicted octanol–water partition coefficient (Wildman–Crippen LogP) is 3.93. The number of anilines is 1. The highest BCUT2D eigenvalue weighted by Crippen LogP contribution is 2.55. The molecule has 1 aromatic carbocycles. The van der Waals surface area contributed by atoms with Crippen LogP contribution in [0.1, 0.15) is 13.3 Å². The Labute approximate surface area is 115 Å². The molecule has 1 saturated carbocycles. The summed E-state index contributed by atoms with van der Waals surface area (Å²) >= 11 is 13.6. The summed E-state index contributed by atoms with van der Waals surface area (Å²) in [6.07, 6.45) is 0.853. The van der Waals surface area contributed by atoms with Gasteiger partial charge in [-0.3, -0.25) is 4.79 Å². The zero-order valence-electron chi connectivity index (χ0n) is 9.37. The second-order valence-electron chi connectivity index (χ2n) is 4.15. The van der Waals surface area contributed by atoms with Crippen LogP contribution in [0.25, 0.3) is 0 Å². The summed E-state index contributed by atoms with van der Waals surface area (Å²) in [4.78, 5) is 12.1. The quantitative estimate of drug-likeness (QED) is 0.672. The number of rotatable bonds is 4. The number of hydrogen-bond acceptors (Lipinski definition) is 2. The molecule has 1 aliphatic rings.